The summed E-state index contributed by atoms with van der Waals surface area (Å²) in [5, 5.41) is 2.67. The number of amides is 3. The van der Waals surface area contributed by atoms with Gasteiger partial charge in [-0.05, 0) is 36.1 Å². The van der Waals surface area contributed by atoms with Gasteiger partial charge in [0.25, 0.3) is 0 Å². The second-order valence-corrected chi connectivity index (χ2v) is 6.55. The molecule has 1 aromatic rings. The third-order valence-electron chi connectivity index (χ3n) is 4.63. The molecule has 132 valence electrons. The summed E-state index contributed by atoms with van der Waals surface area (Å²) >= 11 is 0. The van der Waals surface area contributed by atoms with E-state index in [2.05, 4.69) is 5.32 Å². The number of carbonyl (C=O) groups is 3. The molecule has 2 aliphatic heterocycles. The lowest BCUT2D eigenvalue weighted by atomic mass is 10.0. The van der Waals surface area contributed by atoms with Gasteiger partial charge in [-0.25, -0.2) is 4.79 Å². The summed E-state index contributed by atoms with van der Waals surface area (Å²) < 4.78 is 5.32. The lowest BCUT2D eigenvalue weighted by Gasteiger charge is -2.20. The van der Waals surface area contributed by atoms with Crippen LogP contribution in [0.25, 0.3) is 0 Å². The number of hydrogen-bond donors (Lipinski definition) is 1. The van der Waals surface area contributed by atoms with E-state index in [4.69, 9.17) is 4.74 Å². The maximum Gasteiger partial charge on any atom is 0.414 e. The predicted octanol–water partition coefficient (Wildman–Crippen LogP) is 0.649. The molecule has 2 heterocycles. The molecule has 0 radical (unpaired) electrons. The van der Waals surface area contributed by atoms with Crippen LogP contribution in [-0.4, -0.2) is 56.3 Å². The number of nitrogens with one attached hydrogen (secondary N) is 1. The number of hydrogen-bond acceptors (Lipinski definition) is 4. The van der Waals surface area contributed by atoms with Crippen molar-refractivity contribution in [3.63, 3.8) is 0 Å². The summed E-state index contributed by atoms with van der Waals surface area (Å²) in [6.07, 6.45) is 1.05. The number of rotatable bonds is 3. The van der Waals surface area contributed by atoms with Gasteiger partial charge in [0.1, 0.15) is 6.10 Å². The van der Waals surface area contributed by atoms with Crippen molar-refractivity contribution < 1.29 is 19.1 Å². The van der Waals surface area contributed by atoms with Crippen LogP contribution in [0, 0.1) is 0 Å². The number of ether oxygens (including phenoxy) is 1. The molecular weight excluding hydrogens is 321 g/mol. The molecule has 0 aliphatic carbocycles. The molecule has 3 amide bonds. The summed E-state index contributed by atoms with van der Waals surface area (Å²) in [7, 11) is 1.59. The summed E-state index contributed by atoms with van der Waals surface area (Å²) in [6, 6.07) is 5.89. The molecule has 8 heteroatoms. The maximum absolute atomic E-state index is 12.1. The molecule has 0 saturated carbocycles. The first-order chi connectivity index (χ1) is 11.9. The Kier molecular flexibility index (Phi) is 4.97. The van der Waals surface area contributed by atoms with Crippen LogP contribution in [0.5, 0.6) is 0 Å². The molecular formula is C17H22BN3O4. The molecule has 2 aliphatic rings. The van der Waals surface area contributed by atoms with Gasteiger partial charge in [0, 0.05) is 25.7 Å². The molecule has 25 heavy (non-hydrogen) atoms. The highest BCUT2D eigenvalue weighted by atomic mass is 16.6. The first-order valence-corrected chi connectivity index (χ1v) is 8.54. The quantitative estimate of drug-likeness (QED) is 0.818. The maximum atomic E-state index is 12.1. The van der Waals surface area contributed by atoms with E-state index in [1.54, 1.807) is 12.7 Å². The molecule has 1 N–H and O–H groups in total. The fourth-order valence-corrected chi connectivity index (χ4v) is 3.28. The summed E-state index contributed by atoms with van der Waals surface area (Å²) in [5.74, 6) is -0.0598. The van der Waals surface area contributed by atoms with Gasteiger partial charge in [0.15, 0.2) is 5.81 Å². The molecule has 0 aromatic heterocycles. The summed E-state index contributed by atoms with van der Waals surface area (Å²) in [6.45, 7) is 3.53. The number of benzene rings is 1. The molecule has 0 bridgehead atoms. The second kappa shape index (κ2) is 7.17. The van der Waals surface area contributed by atoms with E-state index in [1.807, 2.05) is 23.1 Å². The third kappa shape index (κ3) is 3.95. The van der Waals surface area contributed by atoms with Crippen LogP contribution in [0.15, 0.2) is 18.2 Å². The molecule has 1 saturated heterocycles. The van der Waals surface area contributed by atoms with Crippen molar-refractivity contribution in [1.29, 1.82) is 0 Å². The summed E-state index contributed by atoms with van der Waals surface area (Å²) in [5.41, 5.74) is 3.09. The van der Waals surface area contributed by atoms with Crippen molar-refractivity contribution in [3.8, 4) is 0 Å². The topological polar surface area (TPSA) is 79.0 Å². The minimum absolute atomic E-state index is 0.0841. The van der Waals surface area contributed by atoms with Gasteiger partial charge in [0.2, 0.25) is 13.8 Å². The van der Waals surface area contributed by atoms with Gasteiger partial charge in [-0.1, -0.05) is 6.07 Å². The van der Waals surface area contributed by atoms with Crippen LogP contribution in [0.3, 0.4) is 0 Å². The molecule has 0 spiro atoms. The fourth-order valence-electron chi connectivity index (χ4n) is 3.28. The minimum Gasteiger partial charge on any atom is -0.442 e. The highest BCUT2D eigenvalue weighted by molar-refractivity contribution is 6.56. The van der Waals surface area contributed by atoms with E-state index in [-0.39, 0.29) is 17.8 Å². The molecule has 3 rings (SSSR count). The van der Waals surface area contributed by atoms with E-state index in [0.29, 0.717) is 19.6 Å². The molecule has 1 aromatic carbocycles. The van der Waals surface area contributed by atoms with Gasteiger partial charge < -0.3 is 15.0 Å². The van der Waals surface area contributed by atoms with Crippen molar-refractivity contribution in [3.05, 3.63) is 29.3 Å². The van der Waals surface area contributed by atoms with Crippen LogP contribution in [-0.2, 0) is 22.5 Å². The Bertz CT molecular complexity index is 709. The minimum atomic E-state index is -0.394. The molecule has 1 atom stereocenters. The monoisotopic (exact) mass is 343 g/mol. The number of fused-ring (bicyclic) bond motifs is 1. The first-order valence-electron chi connectivity index (χ1n) is 8.54. The zero-order chi connectivity index (χ0) is 18.0. The highest BCUT2D eigenvalue weighted by Crippen LogP contribution is 2.27. The average molecular weight is 343 g/mol. The van der Waals surface area contributed by atoms with Gasteiger partial charge in [-0.15, -0.1) is 0 Å². The zero-order valence-electron chi connectivity index (χ0n) is 14.6. The molecule has 1 fully saturated rings. The Hall–Kier alpha value is -2.51. The number of nitrogens with zero attached hydrogens (tertiary/aromatic N) is 2. The predicted molar refractivity (Wildman–Crippen MR) is 95.4 cm³/mol. The Labute approximate surface area is 147 Å². The van der Waals surface area contributed by atoms with E-state index in [9.17, 15) is 14.4 Å². The SMILES string of the molecule is BC(=O)N1CCCc2cc(N3C[C@H](CNC(C)=O)OC3=O)ccc2C1. The second-order valence-electron chi connectivity index (χ2n) is 6.55. The van der Waals surface area contributed by atoms with Gasteiger partial charge in [-0.3, -0.25) is 14.5 Å². The normalized spacial score (nSPS) is 19.9. The van der Waals surface area contributed by atoms with Crippen molar-refractivity contribution in [2.24, 2.45) is 0 Å². The van der Waals surface area contributed by atoms with Crippen molar-refractivity contribution in [2.75, 3.05) is 24.5 Å². The van der Waals surface area contributed by atoms with Gasteiger partial charge in [-0.2, -0.15) is 0 Å². The first kappa shape index (κ1) is 17.3. The highest BCUT2D eigenvalue weighted by Gasteiger charge is 2.32. The fraction of sp³-hybridized carbons (Fsp3) is 0.471. The van der Waals surface area contributed by atoms with Crippen LogP contribution >= 0.6 is 0 Å². The van der Waals surface area contributed by atoms with Crippen molar-refractivity contribution in [2.45, 2.75) is 32.4 Å². The standard InChI is InChI=1S/C17H22BN3O4/c1-11(22)19-8-15-10-21(17(24)25-15)14-5-4-13-9-20(16(18)23)6-2-3-12(13)7-14/h4-5,7,15H,2-3,6,8-10,18H2,1H3,(H,19,22)/t15-/m0/s1. The van der Waals surface area contributed by atoms with E-state index in [1.165, 1.54) is 12.5 Å². The van der Waals surface area contributed by atoms with Crippen LogP contribution in [0.4, 0.5) is 15.3 Å². The Morgan fingerprint density at radius 1 is 1.36 bits per heavy atom. The Balaban J connectivity index is 1.74. The molecule has 0 unspecified atom stereocenters. The van der Waals surface area contributed by atoms with E-state index in [0.717, 1.165) is 30.6 Å². The Morgan fingerprint density at radius 3 is 2.88 bits per heavy atom. The van der Waals surface area contributed by atoms with Crippen LogP contribution in [0.1, 0.15) is 24.5 Å². The number of aryl methyl sites for hydroxylation is 1. The van der Waals surface area contributed by atoms with Gasteiger partial charge in [0.05, 0.1) is 13.1 Å². The van der Waals surface area contributed by atoms with E-state index < -0.39 is 6.09 Å². The van der Waals surface area contributed by atoms with E-state index >= 15 is 0 Å². The van der Waals surface area contributed by atoms with Crippen LogP contribution in [0.2, 0.25) is 0 Å². The third-order valence-corrected chi connectivity index (χ3v) is 4.63. The zero-order valence-corrected chi connectivity index (χ0v) is 14.6. The average Bonchev–Trinajstić information content (AvgIpc) is 2.80. The number of anilines is 1. The Morgan fingerprint density at radius 2 is 2.16 bits per heavy atom. The number of carbonyl (C=O) groups excluding carboxylic acids is 3. The van der Waals surface area contributed by atoms with Crippen LogP contribution < -0.4 is 10.2 Å². The van der Waals surface area contributed by atoms with Crippen molar-refractivity contribution >= 4 is 31.3 Å². The van der Waals surface area contributed by atoms with Gasteiger partial charge >= 0.3 is 6.09 Å². The lowest BCUT2D eigenvalue weighted by molar-refractivity contribution is -0.119. The van der Waals surface area contributed by atoms with Crippen molar-refractivity contribution in [1.82, 2.24) is 10.2 Å². The lowest BCUT2D eigenvalue weighted by Crippen LogP contribution is -2.33. The number of cyclic esters (lactones) is 1. The summed E-state index contributed by atoms with van der Waals surface area (Å²) in [4.78, 5) is 38.2. The molecule has 7 nitrogen and oxygen atoms in total. The smallest absolute Gasteiger partial charge is 0.414 e. The largest absolute Gasteiger partial charge is 0.442 e.